The van der Waals surface area contributed by atoms with Crippen LogP contribution in [0.4, 0.5) is 0 Å². The average Bonchev–Trinajstić information content (AvgIpc) is 2.03. The first kappa shape index (κ1) is 13.7. The summed E-state index contributed by atoms with van der Waals surface area (Å²) in [6.45, 7) is 3.32. The minimum atomic E-state index is 0. The zero-order chi connectivity index (χ0) is 9.90. The van der Waals surface area contributed by atoms with Crippen molar-refractivity contribution >= 4 is 14.7 Å². The lowest BCUT2D eigenvalue weighted by molar-refractivity contribution is -0.884. The van der Waals surface area contributed by atoms with Crippen molar-refractivity contribution in [2.24, 2.45) is 0 Å². The highest BCUT2D eigenvalue weighted by Crippen LogP contribution is 2.04. The van der Waals surface area contributed by atoms with E-state index in [1.165, 1.54) is 10.8 Å². The molecule has 2 radical (unpaired) electrons. The molecule has 78 valence electrons. The van der Waals surface area contributed by atoms with E-state index in [2.05, 4.69) is 52.0 Å². The molecule has 14 heavy (non-hydrogen) atoms. The van der Waals surface area contributed by atoms with Gasteiger partial charge in [-0.3, -0.25) is 0 Å². The lowest BCUT2D eigenvalue weighted by atomic mass is 10.2. The van der Waals surface area contributed by atoms with Gasteiger partial charge in [0.25, 0.3) is 0 Å². The van der Waals surface area contributed by atoms with Gasteiger partial charge in [0, 0.05) is 5.56 Å². The second kappa shape index (κ2) is 5.54. The lowest BCUT2D eigenvalue weighted by Crippen LogP contribution is -3.00. The van der Waals surface area contributed by atoms with Crippen molar-refractivity contribution in [1.29, 1.82) is 0 Å². The summed E-state index contributed by atoms with van der Waals surface area (Å²) in [5, 5.41) is 1.45. The highest BCUT2D eigenvalue weighted by Gasteiger charge is 2.07. The summed E-state index contributed by atoms with van der Waals surface area (Å²) in [6.07, 6.45) is 0. The first-order chi connectivity index (χ1) is 6.01. The van der Waals surface area contributed by atoms with Gasteiger partial charge in [0.1, 0.15) is 6.54 Å². The summed E-state index contributed by atoms with van der Waals surface area (Å²) in [5.74, 6) is 0. The molecule has 0 spiro atoms. The zero-order valence-corrected chi connectivity index (χ0v) is 11.1. The third-order valence-corrected chi connectivity index (χ3v) is 2.81. The van der Waals surface area contributed by atoms with Crippen LogP contribution in [0, 0.1) is 0 Å². The van der Waals surface area contributed by atoms with Crippen molar-refractivity contribution in [2.75, 3.05) is 21.1 Å². The fourth-order valence-corrected chi connectivity index (χ4v) is 1.82. The normalized spacial score (nSPS) is 10.9. The van der Waals surface area contributed by atoms with Crippen LogP contribution in [0.2, 0.25) is 6.55 Å². The first-order valence-corrected chi connectivity index (χ1v) is 6.08. The molecule has 0 heterocycles. The molecule has 1 aromatic carbocycles. The molecule has 0 aliphatic rings. The highest BCUT2D eigenvalue weighted by molar-refractivity contribution is 6.51. The molecule has 0 saturated heterocycles. The molecule has 1 nitrogen and oxygen atoms in total. The summed E-state index contributed by atoms with van der Waals surface area (Å²) >= 11 is 0. The van der Waals surface area contributed by atoms with Crippen LogP contribution in [-0.4, -0.2) is 35.1 Å². The molecule has 1 aromatic rings. The number of quaternary nitrogens is 1. The summed E-state index contributed by atoms with van der Waals surface area (Å²) in [5.41, 5.74) is 1.43. The number of hydrogen-bond donors (Lipinski definition) is 0. The minimum Gasteiger partial charge on any atom is -1.00 e. The van der Waals surface area contributed by atoms with Crippen LogP contribution in [0.3, 0.4) is 0 Å². The predicted molar refractivity (Wildman–Crippen MR) is 59.4 cm³/mol. The molecule has 0 unspecified atom stereocenters. The Kier molecular flexibility index (Phi) is 5.42. The molecular formula is C11H18ClNSi. The van der Waals surface area contributed by atoms with Gasteiger partial charge in [-0.25, -0.2) is 0 Å². The van der Waals surface area contributed by atoms with E-state index in [9.17, 15) is 0 Å². The standard InChI is InChI=1S/C11H18NSi.ClH/c1-12(2,3)9-10-5-7-11(13-4)8-6-10;/h5-8H,9H2,1-4H3;1H/q+1;/p-1. The van der Waals surface area contributed by atoms with Crippen molar-refractivity contribution in [3.8, 4) is 0 Å². The van der Waals surface area contributed by atoms with Crippen molar-refractivity contribution in [1.82, 2.24) is 0 Å². The van der Waals surface area contributed by atoms with Crippen LogP contribution in [0.15, 0.2) is 24.3 Å². The van der Waals surface area contributed by atoms with Gasteiger partial charge in [0.05, 0.1) is 30.7 Å². The minimum absolute atomic E-state index is 0. The van der Waals surface area contributed by atoms with Crippen LogP contribution in [-0.2, 0) is 6.54 Å². The van der Waals surface area contributed by atoms with E-state index < -0.39 is 0 Å². The summed E-state index contributed by atoms with van der Waals surface area (Å²) < 4.78 is 0.994. The Balaban J connectivity index is 0.00000169. The van der Waals surface area contributed by atoms with E-state index in [1.54, 1.807) is 0 Å². The van der Waals surface area contributed by atoms with Crippen LogP contribution in [0.25, 0.3) is 0 Å². The topological polar surface area (TPSA) is 0 Å². The van der Waals surface area contributed by atoms with Crippen molar-refractivity contribution in [2.45, 2.75) is 13.1 Å². The van der Waals surface area contributed by atoms with Crippen LogP contribution in [0.1, 0.15) is 5.56 Å². The Morgan fingerprint density at radius 1 is 1.07 bits per heavy atom. The largest absolute Gasteiger partial charge is 1.00 e. The molecule has 0 aliphatic carbocycles. The fraction of sp³-hybridized carbons (Fsp3) is 0.455. The van der Waals surface area contributed by atoms with E-state index >= 15 is 0 Å². The Labute approximate surface area is 96.0 Å². The smallest absolute Gasteiger partial charge is 0.104 e. The van der Waals surface area contributed by atoms with Gasteiger partial charge in [-0.15, -0.1) is 0 Å². The Bertz CT molecular complexity index is 264. The van der Waals surface area contributed by atoms with Crippen molar-refractivity contribution in [3.63, 3.8) is 0 Å². The molecule has 1 rings (SSSR count). The molecular weight excluding hydrogens is 210 g/mol. The van der Waals surface area contributed by atoms with E-state index in [-0.39, 0.29) is 12.4 Å². The lowest BCUT2D eigenvalue weighted by Gasteiger charge is -2.23. The fourth-order valence-electron chi connectivity index (χ4n) is 1.32. The monoisotopic (exact) mass is 227 g/mol. The second-order valence-corrected chi connectivity index (χ2v) is 5.47. The van der Waals surface area contributed by atoms with Gasteiger partial charge >= 0.3 is 0 Å². The number of halogens is 1. The van der Waals surface area contributed by atoms with Crippen LogP contribution >= 0.6 is 0 Å². The molecule has 0 fully saturated rings. The molecule has 0 atom stereocenters. The van der Waals surface area contributed by atoms with Crippen LogP contribution < -0.4 is 17.6 Å². The maximum atomic E-state index is 2.25. The Morgan fingerprint density at radius 2 is 1.57 bits per heavy atom. The molecule has 0 bridgehead atoms. The molecule has 0 amide bonds. The molecule has 0 aliphatic heterocycles. The maximum absolute atomic E-state index is 2.25. The quantitative estimate of drug-likeness (QED) is 0.426. The molecule has 3 heteroatoms. The summed E-state index contributed by atoms with van der Waals surface area (Å²) in [4.78, 5) is 0. The average molecular weight is 228 g/mol. The van der Waals surface area contributed by atoms with Gasteiger partial charge in [-0.1, -0.05) is 36.0 Å². The number of rotatable bonds is 3. The molecule has 0 N–H and O–H groups in total. The Morgan fingerprint density at radius 3 is 1.93 bits per heavy atom. The summed E-state index contributed by atoms with van der Waals surface area (Å²) in [6, 6.07) is 8.97. The van der Waals surface area contributed by atoms with Crippen molar-refractivity contribution < 1.29 is 16.9 Å². The number of nitrogens with zero attached hydrogens (tertiary/aromatic N) is 1. The van der Waals surface area contributed by atoms with Gasteiger partial charge in [0.15, 0.2) is 0 Å². The zero-order valence-electron chi connectivity index (χ0n) is 9.34. The number of hydrogen-bond acceptors (Lipinski definition) is 0. The van der Waals surface area contributed by atoms with E-state index in [0.29, 0.717) is 0 Å². The van der Waals surface area contributed by atoms with Gasteiger partial charge in [-0.05, 0) is 0 Å². The van der Waals surface area contributed by atoms with Gasteiger partial charge in [-0.2, -0.15) is 0 Å². The molecule has 0 aromatic heterocycles. The van der Waals surface area contributed by atoms with E-state index in [1.807, 2.05) is 0 Å². The second-order valence-electron chi connectivity index (χ2n) is 4.40. The highest BCUT2D eigenvalue weighted by atomic mass is 35.5. The maximum Gasteiger partial charge on any atom is 0.104 e. The number of benzene rings is 1. The van der Waals surface area contributed by atoms with Gasteiger partial charge in [0.2, 0.25) is 0 Å². The Hall–Kier alpha value is -0.313. The SMILES string of the molecule is C[Si]c1ccc(C[N+](C)(C)C)cc1.[Cl-]. The van der Waals surface area contributed by atoms with E-state index in [0.717, 1.165) is 20.5 Å². The third kappa shape index (κ3) is 4.79. The third-order valence-electron chi connectivity index (χ3n) is 1.90. The van der Waals surface area contributed by atoms with E-state index in [4.69, 9.17) is 0 Å². The van der Waals surface area contributed by atoms with Crippen molar-refractivity contribution in [3.05, 3.63) is 29.8 Å². The first-order valence-electron chi connectivity index (χ1n) is 4.58. The van der Waals surface area contributed by atoms with Gasteiger partial charge < -0.3 is 16.9 Å². The molecule has 0 saturated carbocycles. The van der Waals surface area contributed by atoms with Crippen LogP contribution in [0.5, 0.6) is 0 Å². The predicted octanol–water partition coefficient (Wildman–Crippen LogP) is -1.73. The summed E-state index contributed by atoms with van der Waals surface area (Å²) in [7, 11) is 7.56.